The molecule has 0 aromatic carbocycles. The van der Waals surface area contributed by atoms with E-state index in [4.69, 9.17) is 0 Å². The van der Waals surface area contributed by atoms with Crippen molar-refractivity contribution < 1.29 is 9.53 Å². The minimum atomic E-state index is -0.258. The molecule has 2 heterocycles. The summed E-state index contributed by atoms with van der Waals surface area (Å²) < 4.78 is 6.66. The van der Waals surface area contributed by atoms with E-state index in [0.717, 1.165) is 29.5 Å². The standard InChI is InChI=1S/C13H17N3O2S2/c1-4-10-6-9(7-19-10)12-14-15-13(16(12)5-2)20-8-11(17)18-3/h6-7H,4-5,8H2,1-3H3. The van der Waals surface area contributed by atoms with E-state index in [0.29, 0.717) is 0 Å². The summed E-state index contributed by atoms with van der Waals surface area (Å²) in [6.07, 6.45) is 1.02. The first-order chi connectivity index (χ1) is 9.69. The molecule has 0 aliphatic carbocycles. The zero-order chi connectivity index (χ0) is 14.5. The minimum absolute atomic E-state index is 0.248. The van der Waals surface area contributed by atoms with Crippen LogP contribution in [0.5, 0.6) is 0 Å². The number of hydrogen-bond donors (Lipinski definition) is 0. The molecule has 0 aliphatic heterocycles. The molecule has 2 aromatic heterocycles. The zero-order valence-corrected chi connectivity index (χ0v) is 13.4. The van der Waals surface area contributed by atoms with Crippen LogP contribution in [-0.2, 0) is 22.5 Å². The van der Waals surface area contributed by atoms with E-state index in [2.05, 4.69) is 33.3 Å². The van der Waals surface area contributed by atoms with Crippen molar-refractivity contribution in [2.75, 3.05) is 12.9 Å². The largest absolute Gasteiger partial charge is 0.468 e. The number of aromatic nitrogens is 3. The molecule has 0 N–H and O–H groups in total. The zero-order valence-electron chi connectivity index (χ0n) is 11.8. The Labute approximate surface area is 126 Å². The third kappa shape index (κ3) is 3.21. The molecule has 0 fully saturated rings. The lowest BCUT2D eigenvalue weighted by molar-refractivity contribution is -0.137. The van der Waals surface area contributed by atoms with Gasteiger partial charge in [0.2, 0.25) is 0 Å². The Bertz CT molecular complexity index is 592. The molecule has 7 heteroatoms. The van der Waals surface area contributed by atoms with E-state index in [1.54, 1.807) is 11.3 Å². The van der Waals surface area contributed by atoms with Crippen LogP contribution in [0.15, 0.2) is 16.6 Å². The number of hydrogen-bond acceptors (Lipinski definition) is 6. The van der Waals surface area contributed by atoms with Gasteiger partial charge in [0.15, 0.2) is 11.0 Å². The van der Waals surface area contributed by atoms with Gasteiger partial charge in [0, 0.05) is 22.4 Å². The molecular formula is C13H17N3O2S2. The molecule has 0 saturated carbocycles. The van der Waals surface area contributed by atoms with Gasteiger partial charge in [0.25, 0.3) is 0 Å². The van der Waals surface area contributed by atoms with Gasteiger partial charge >= 0.3 is 5.97 Å². The number of thiophene rings is 1. The fraction of sp³-hybridized carbons (Fsp3) is 0.462. The quantitative estimate of drug-likeness (QED) is 0.606. The SMILES string of the molecule is CCc1cc(-c2nnc(SCC(=O)OC)n2CC)cs1. The van der Waals surface area contributed by atoms with E-state index in [9.17, 15) is 4.79 Å². The predicted molar refractivity (Wildman–Crippen MR) is 81.1 cm³/mol. The molecule has 0 atom stereocenters. The molecule has 2 rings (SSSR count). The Hall–Kier alpha value is -1.34. The van der Waals surface area contributed by atoms with Crippen molar-refractivity contribution in [3.8, 4) is 11.4 Å². The van der Waals surface area contributed by atoms with Gasteiger partial charge in [-0.25, -0.2) is 0 Å². The van der Waals surface area contributed by atoms with E-state index < -0.39 is 0 Å². The van der Waals surface area contributed by atoms with Crippen molar-refractivity contribution in [1.29, 1.82) is 0 Å². The van der Waals surface area contributed by atoms with Gasteiger partial charge in [0.1, 0.15) is 0 Å². The summed E-state index contributed by atoms with van der Waals surface area (Å²) in [5.41, 5.74) is 1.09. The average molecular weight is 311 g/mol. The van der Waals surface area contributed by atoms with Crippen molar-refractivity contribution in [1.82, 2.24) is 14.8 Å². The van der Waals surface area contributed by atoms with Gasteiger partial charge in [-0.1, -0.05) is 18.7 Å². The van der Waals surface area contributed by atoms with Crippen LogP contribution >= 0.6 is 23.1 Å². The highest BCUT2D eigenvalue weighted by Gasteiger charge is 2.15. The average Bonchev–Trinajstić information content (AvgIpc) is 3.09. The molecule has 0 bridgehead atoms. The Morgan fingerprint density at radius 3 is 2.85 bits per heavy atom. The number of methoxy groups -OCH3 is 1. The minimum Gasteiger partial charge on any atom is -0.468 e. The maximum Gasteiger partial charge on any atom is 0.316 e. The van der Waals surface area contributed by atoms with Gasteiger partial charge in [0.05, 0.1) is 12.9 Å². The first-order valence-electron chi connectivity index (χ1n) is 6.40. The fourth-order valence-corrected chi connectivity index (χ4v) is 3.41. The van der Waals surface area contributed by atoms with Crippen LogP contribution < -0.4 is 0 Å². The molecule has 5 nitrogen and oxygen atoms in total. The Kier molecular flexibility index (Phi) is 5.19. The first kappa shape index (κ1) is 15.1. The van der Waals surface area contributed by atoms with Crippen molar-refractivity contribution in [3.63, 3.8) is 0 Å². The molecule has 108 valence electrons. The number of carbonyl (C=O) groups is 1. The predicted octanol–water partition coefficient (Wildman–Crippen LogP) is 2.85. The van der Waals surface area contributed by atoms with Gasteiger partial charge in [-0.05, 0) is 19.4 Å². The number of esters is 1. The second-order valence-corrected chi connectivity index (χ2v) is 6.01. The van der Waals surface area contributed by atoms with Gasteiger partial charge in [-0.2, -0.15) is 0 Å². The van der Waals surface area contributed by atoms with Crippen molar-refractivity contribution in [3.05, 3.63) is 16.3 Å². The first-order valence-corrected chi connectivity index (χ1v) is 8.26. The molecule has 0 unspecified atom stereocenters. The summed E-state index contributed by atoms with van der Waals surface area (Å²) >= 11 is 3.08. The maximum atomic E-state index is 11.2. The number of aryl methyl sites for hydroxylation is 1. The van der Waals surface area contributed by atoms with Crippen LogP contribution in [0.25, 0.3) is 11.4 Å². The number of carbonyl (C=O) groups excluding carboxylic acids is 1. The van der Waals surface area contributed by atoms with Crippen molar-refractivity contribution in [2.24, 2.45) is 0 Å². The van der Waals surface area contributed by atoms with E-state index in [-0.39, 0.29) is 11.7 Å². The Morgan fingerprint density at radius 1 is 1.45 bits per heavy atom. The number of thioether (sulfide) groups is 1. The summed E-state index contributed by atoms with van der Waals surface area (Å²) in [5, 5.41) is 11.3. The summed E-state index contributed by atoms with van der Waals surface area (Å²) in [4.78, 5) is 12.5. The van der Waals surface area contributed by atoms with Crippen LogP contribution in [0, 0.1) is 0 Å². The third-order valence-electron chi connectivity index (χ3n) is 2.84. The van der Waals surface area contributed by atoms with Crippen LogP contribution in [0.1, 0.15) is 18.7 Å². The molecule has 0 amide bonds. The Morgan fingerprint density at radius 2 is 2.25 bits per heavy atom. The highest BCUT2D eigenvalue weighted by atomic mass is 32.2. The normalized spacial score (nSPS) is 10.8. The fourth-order valence-electron chi connectivity index (χ4n) is 1.76. The second-order valence-electron chi connectivity index (χ2n) is 4.07. The lowest BCUT2D eigenvalue weighted by Crippen LogP contribution is -2.05. The lowest BCUT2D eigenvalue weighted by atomic mass is 10.2. The number of ether oxygens (including phenoxy) is 1. The molecular weight excluding hydrogens is 294 g/mol. The lowest BCUT2D eigenvalue weighted by Gasteiger charge is -2.05. The van der Waals surface area contributed by atoms with Gasteiger partial charge < -0.3 is 9.30 Å². The molecule has 0 aliphatic rings. The smallest absolute Gasteiger partial charge is 0.316 e. The van der Waals surface area contributed by atoms with Crippen molar-refractivity contribution in [2.45, 2.75) is 32.0 Å². The van der Waals surface area contributed by atoms with Crippen LogP contribution in [0.2, 0.25) is 0 Å². The molecule has 0 spiro atoms. The highest BCUT2D eigenvalue weighted by molar-refractivity contribution is 7.99. The second kappa shape index (κ2) is 6.90. The van der Waals surface area contributed by atoms with E-state index >= 15 is 0 Å². The summed E-state index contributed by atoms with van der Waals surface area (Å²) in [7, 11) is 1.39. The summed E-state index contributed by atoms with van der Waals surface area (Å²) in [6, 6.07) is 2.15. The summed E-state index contributed by atoms with van der Waals surface area (Å²) in [6.45, 7) is 4.95. The number of nitrogens with zero attached hydrogens (tertiary/aromatic N) is 3. The molecule has 0 radical (unpaired) electrons. The topological polar surface area (TPSA) is 57.0 Å². The summed E-state index contributed by atoms with van der Waals surface area (Å²) in [5.74, 6) is 0.847. The van der Waals surface area contributed by atoms with Gasteiger partial charge in [-0.3, -0.25) is 4.79 Å². The van der Waals surface area contributed by atoms with Crippen LogP contribution in [0.4, 0.5) is 0 Å². The monoisotopic (exact) mass is 311 g/mol. The van der Waals surface area contributed by atoms with Crippen LogP contribution in [0.3, 0.4) is 0 Å². The molecule has 2 aromatic rings. The molecule has 0 saturated heterocycles. The van der Waals surface area contributed by atoms with Gasteiger partial charge in [-0.15, -0.1) is 21.5 Å². The van der Waals surface area contributed by atoms with Crippen molar-refractivity contribution >= 4 is 29.1 Å². The Balaban J connectivity index is 2.22. The van der Waals surface area contributed by atoms with Crippen LogP contribution in [-0.4, -0.2) is 33.6 Å². The number of rotatable bonds is 6. The van der Waals surface area contributed by atoms with E-state index in [1.807, 2.05) is 11.5 Å². The maximum absolute atomic E-state index is 11.2. The third-order valence-corrected chi connectivity index (χ3v) is 4.86. The highest BCUT2D eigenvalue weighted by Crippen LogP contribution is 2.27. The molecule has 20 heavy (non-hydrogen) atoms. The van der Waals surface area contributed by atoms with E-state index in [1.165, 1.54) is 23.7 Å².